The zero-order valence-corrected chi connectivity index (χ0v) is 14.3. The van der Waals surface area contributed by atoms with Gasteiger partial charge in [0.05, 0.1) is 23.9 Å². The third-order valence-corrected chi connectivity index (χ3v) is 4.59. The molecule has 0 bridgehead atoms. The van der Waals surface area contributed by atoms with Gasteiger partial charge in [-0.3, -0.25) is 9.59 Å². The smallest absolute Gasteiger partial charge is 0.252 e. The fourth-order valence-corrected chi connectivity index (χ4v) is 3.24. The van der Waals surface area contributed by atoms with Crippen LogP contribution in [0.5, 0.6) is 0 Å². The summed E-state index contributed by atoms with van der Waals surface area (Å²) in [7, 11) is 0. The summed E-state index contributed by atoms with van der Waals surface area (Å²) < 4.78 is 5.41. The average molecular weight is 349 g/mol. The molecule has 1 fully saturated rings. The monoisotopic (exact) mass is 349 g/mol. The van der Waals surface area contributed by atoms with Gasteiger partial charge >= 0.3 is 0 Å². The van der Waals surface area contributed by atoms with E-state index in [1.54, 1.807) is 29.4 Å². The first-order valence-corrected chi connectivity index (χ1v) is 8.72. The van der Waals surface area contributed by atoms with Gasteiger partial charge in [0.2, 0.25) is 5.91 Å². The third kappa shape index (κ3) is 3.18. The van der Waals surface area contributed by atoms with Crippen molar-refractivity contribution >= 4 is 22.7 Å². The number of amides is 2. The van der Waals surface area contributed by atoms with E-state index < -0.39 is 0 Å². The van der Waals surface area contributed by atoms with Crippen molar-refractivity contribution < 1.29 is 14.0 Å². The number of carbonyl (C=O) groups is 2. The Morgan fingerprint density at radius 3 is 2.69 bits per heavy atom. The quantitative estimate of drug-likeness (QED) is 0.786. The van der Waals surface area contributed by atoms with E-state index >= 15 is 0 Å². The summed E-state index contributed by atoms with van der Waals surface area (Å²) in [5.74, 6) is 0.266. The lowest BCUT2D eigenvalue weighted by Gasteiger charge is -2.16. The van der Waals surface area contributed by atoms with Gasteiger partial charge in [0.1, 0.15) is 5.69 Å². The molecule has 1 aromatic carbocycles. The van der Waals surface area contributed by atoms with Crippen LogP contribution in [0, 0.1) is 0 Å². The maximum Gasteiger partial charge on any atom is 0.252 e. The van der Waals surface area contributed by atoms with Gasteiger partial charge in [-0.1, -0.05) is 18.2 Å². The molecule has 1 N–H and O–H groups in total. The van der Waals surface area contributed by atoms with E-state index in [0.29, 0.717) is 22.5 Å². The van der Waals surface area contributed by atoms with Gasteiger partial charge in [0, 0.05) is 18.5 Å². The number of fused-ring (bicyclic) bond motifs is 1. The first-order chi connectivity index (χ1) is 12.7. The Morgan fingerprint density at radius 2 is 1.92 bits per heavy atom. The highest BCUT2D eigenvalue weighted by molar-refractivity contribution is 6.07. The highest BCUT2D eigenvalue weighted by atomic mass is 16.3. The SMILES string of the molecule is O=C(NCC(=O)N1CCCC1)c1cc(-c2ccco2)nc2ccccc12. The minimum atomic E-state index is -0.288. The topological polar surface area (TPSA) is 75.4 Å². The van der Waals surface area contributed by atoms with Crippen molar-refractivity contribution in [3.63, 3.8) is 0 Å². The van der Waals surface area contributed by atoms with Crippen LogP contribution in [0.3, 0.4) is 0 Å². The lowest BCUT2D eigenvalue weighted by atomic mass is 10.1. The Bertz CT molecular complexity index is 944. The molecule has 2 aromatic heterocycles. The molecule has 132 valence electrons. The number of nitrogens with zero attached hydrogens (tertiary/aromatic N) is 2. The molecule has 3 aromatic rings. The van der Waals surface area contributed by atoms with E-state index in [9.17, 15) is 9.59 Å². The molecule has 1 aliphatic heterocycles. The summed E-state index contributed by atoms with van der Waals surface area (Å²) in [6.07, 6.45) is 3.63. The molecule has 26 heavy (non-hydrogen) atoms. The largest absolute Gasteiger partial charge is 0.463 e. The second-order valence-electron chi connectivity index (χ2n) is 6.32. The third-order valence-electron chi connectivity index (χ3n) is 4.59. The van der Waals surface area contributed by atoms with Crippen LogP contribution in [0.15, 0.2) is 53.1 Å². The Kier molecular flexibility index (Phi) is 4.39. The summed E-state index contributed by atoms with van der Waals surface area (Å²) in [5, 5.41) is 3.50. The first kappa shape index (κ1) is 16.3. The zero-order chi connectivity index (χ0) is 17.9. The highest BCUT2D eigenvalue weighted by Crippen LogP contribution is 2.25. The van der Waals surface area contributed by atoms with Crippen LogP contribution in [-0.4, -0.2) is 41.3 Å². The molecule has 6 nitrogen and oxygen atoms in total. The molecular weight excluding hydrogens is 330 g/mol. The molecule has 6 heteroatoms. The number of likely N-dealkylation sites (tertiary alicyclic amines) is 1. The average Bonchev–Trinajstić information content (AvgIpc) is 3.38. The van der Waals surface area contributed by atoms with E-state index in [0.717, 1.165) is 31.3 Å². The molecule has 0 unspecified atom stereocenters. The number of carbonyl (C=O) groups excluding carboxylic acids is 2. The highest BCUT2D eigenvalue weighted by Gasteiger charge is 2.20. The predicted octanol–water partition coefficient (Wildman–Crippen LogP) is 2.85. The maximum atomic E-state index is 12.8. The normalized spacial score (nSPS) is 13.9. The Hall–Kier alpha value is -3.15. The molecule has 4 rings (SSSR count). The van der Waals surface area contributed by atoms with Crippen molar-refractivity contribution in [1.29, 1.82) is 0 Å². The van der Waals surface area contributed by atoms with Crippen LogP contribution in [0.4, 0.5) is 0 Å². The second kappa shape index (κ2) is 7.00. The van der Waals surface area contributed by atoms with E-state index in [1.807, 2.05) is 24.3 Å². The van der Waals surface area contributed by atoms with Crippen LogP contribution in [-0.2, 0) is 4.79 Å². The summed E-state index contributed by atoms with van der Waals surface area (Å²) in [6.45, 7) is 1.55. The van der Waals surface area contributed by atoms with E-state index in [2.05, 4.69) is 10.3 Å². The number of pyridine rings is 1. The molecular formula is C20H19N3O3. The van der Waals surface area contributed by atoms with Crippen LogP contribution >= 0.6 is 0 Å². The van der Waals surface area contributed by atoms with E-state index in [1.165, 1.54) is 0 Å². The molecule has 3 heterocycles. The van der Waals surface area contributed by atoms with Gasteiger partial charge in [0.25, 0.3) is 5.91 Å². The van der Waals surface area contributed by atoms with Crippen LogP contribution in [0.1, 0.15) is 23.2 Å². The molecule has 0 spiro atoms. The van der Waals surface area contributed by atoms with Gasteiger partial charge in [-0.25, -0.2) is 4.98 Å². The predicted molar refractivity (Wildman–Crippen MR) is 97.6 cm³/mol. The minimum absolute atomic E-state index is 0.00552. The number of benzene rings is 1. The molecule has 0 saturated carbocycles. The van der Waals surface area contributed by atoms with Gasteiger partial charge in [-0.05, 0) is 37.1 Å². The van der Waals surface area contributed by atoms with Crippen LogP contribution < -0.4 is 5.32 Å². The van der Waals surface area contributed by atoms with Crippen molar-refractivity contribution in [3.8, 4) is 11.5 Å². The summed E-state index contributed by atoms with van der Waals surface area (Å²) >= 11 is 0. The fourth-order valence-electron chi connectivity index (χ4n) is 3.24. The zero-order valence-electron chi connectivity index (χ0n) is 14.3. The number of hydrogen-bond donors (Lipinski definition) is 1. The van der Waals surface area contributed by atoms with Gasteiger partial charge in [0.15, 0.2) is 5.76 Å². The molecule has 2 amide bonds. The number of furan rings is 1. The van der Waals surface area contributed by atoms with Crippen LogP contribution in [0.25, 0.3) is 22.4 Å². The van der Waals surface area contributed by atoms with Gasteiger partial charge < -0.3 is 14.6 Å². The summed E-state index contributed by atoms with van der Waals surface area (Å²) in [5.41, 5.74) is 1.78. The lowest BCUT2D eigenvalue weighted by molar-refractivity contribution is -0.129. The van der Waals surface area contributed by atoms with Crippen molar-refractivity contribution in [3.05, 3.63) is 54.3 Å². The minimum Gasteiger partial charge on any atom is -0.463 e. The molecule has 1 aliphatic rings. The van der Waals surface area contributed by atoms with Gasteiger partial charge in [-0.2, -0.15) is 0 Å². The Balaban J connectivity index is 1.61. The summed E-state index contributed by atoms with van der Waals surface area (Å²) in [4.78, 5) is 31.3. The van der Waals surface area contributed by atoms with Crippen molar-refractivity contribution in [2.24, 2.45) is 0 Å². The Morgan fingerprint density at radius 1 is 1.12 bits per heavy atom. The maximum absolute atomic E-state index is 12.8. The standard InChI is InChI=1S/C20H19N3O3/c24-19(23-9-3-4-10-23)13-21-20(25)15-12-17(18-8-5-11-26-18)22-16-7-2-1-6-14(15)16/h1-2,5-8,11-12H,3-4,9-10,13H2,(H,21,25). The van der Waals surface area contributed by atoms with Crippen molar-refractivity contribution in [1.82, 2.24) is 15.2 Å². The second-order valence-corrected chi connectivity index (χ2v) is 6.32. The number of hydrogen-bond acceptors (Lipinski definition) is 4. The lowest BCUT2D eigenvalue weighted by Crippen LogP contribution is -2.38. The number of aromatic nitrogens is 1. The van der Waals surface area contributed by atoms with Crippen molar-refractivity contribution in [2.45, 2.75) is 12.8 Å². The van der Waals surface area contributed by atoms with E-state index in [-0.39, 0.29) is 18.4 Å². The number of rotatable bonds is 4. The Labute approximate surface area is 150 Å². The molecule has 0 radical (unpaired) electrons. The van der Waals surface area contributed by atoms with Gasteiger partial charge in [-0.15, -0.1) is 0 Å². The van der Waals surface area contributed by atoms with Crippen molar-refractivity contribution in [2.75, 3.05) is 19.6 Å². The number of nitrogens with one attached hydrogen (secondary N) is 1. The van der Waals surface area contributed by atoms with Crippen LogP contribution in [0.2, 0.25) is 0 Å². The molecule has 0 atom stereocenters. The summed E-state index contributed by atoms with van der Waals surface area (Å²) in [6, 6.07) is 12.7. The fraction of sp³-hybridized carbons (Fsp3) is 0.250. The molecule has 0 aliphatic carbocycles. The molecule has 1 saturated heterocycles. The van der Waals surface area contributed by atoms with E-state index in [4.69, 9.17) is 4.42 Å². The number of para-hydroxylation sites is 1. The first-order valence-electron chi connectivity index (χ1n) is 8.72.